The van der Waals surface area contributed by atoms with E-state index in [0.29, 0.717) is 31.1 Å². The predicted octanol–water partition coefficient (Wildman–Crippen LogP) is 0.632. The van der Waals surface area contributed by atoms with E-state index < -0.39 is 0 Å². The third-order valence-corrected chi connectivity index (χ3v) is 5.17. The summed E-state index contributed by atoms with van der Waals surface area (Å²) in [5, 5.41) is 0. The first kappa shape index (κ1) is 19.1. The fourth-order valence-corrected chi connectivity index (χ4v) is 3.68. The van der Waals surface area contributed by atoms with Crippen LogP contribution in [0.4, 0.5) is 0 Å². The highest BCUT2D eigenvalue weighted by Crippen LogP contribution is 2.30. The number of hydrogen-bond donors (Lipinski definition) is 0. The van der Waals surface area contributed by atoms with Crippen LogP contribution in [-0.2, 0) is 9.59 Å². The molecule has 0 radical (unpaired) electrons. The van der Waals surface area contributed by atoms with Crippen molar-refractivity contribution in [2.75, 3.05) is 40.3 Å². The molecule has 3 saturated heterocycles. The lowest BCUT2D eigenvalue weighted by molar-refractivity contribution is -0.145. The van der Waals surface area contributed by atoms with Crippen LogP contribution in [0.25, 0.3) is 0 Å². The van der Waals surface area contributed by atoms with Gasteiger partial charge >= 0.3 is 0 Å². The highest BCUT2D eigenvalue weighted by molar-refractivity contribution is 5.97. The number of hydrogen-bond acceptors (Lipinski definition) is 5. The zero-order valence-corrected chi connectivity index (χ0v) is 16.1. The van der Waals surface area contributed by atoms with Gasteiger partial charge in [-0.1, -0.05) is 0 Å². The number of carbonyl (C=O) groups excluding carboxylic acids is 3. The average molecular weight is 374 g/mol. The zero-order chi connectivity index (χ0) is 19.6. The topological polar surface area (TPSA) is 83.1 Å². The third-order valence-electron chi connectivity index (χ3n) is 5.17. The van der Waals surface area contributed by atoms with Crippen molar-refractivity contribution < 1.29 is 19.1 Å². The molecule has 3 aliphatic heterocycles. The van der Waals surface area contributed by atoms with Crippen molar-refractivity contribution in [2.24, 2.45) is 5.92 Å². The van der Waals surface area contributed by atoms with Crippen molar-refractivity contribution in [3.63, 3.8) is 0 Å². The van der Waals surface area contributed by atoms with Crippen LogP contribution in [0.3, 0.4) is 0 Å². The van der Waals surface area contributed by atoms with E-state index >= 15 is 0 Å². The van der Waals surface area contributed by atoms with Gasteiger partial charge < -0.3 is 19.4 Å². The Morgan fingerprint density at radius 3 is 2.78 bits per heavy atom. The van der Waals surface area contributed by atoms with Gasteiger partial charge in [0.1, 0.15) is 12.1 Å². The fraction of sp³-hybridized carbons (Fsp3) is 0.579. The Kier molecular flexibility index (Phi) is 5.62. The summed E-state index contributed by atoms with van der Waals surface area (Å²) >= 11 is 0. The number of aromatic nitrogens is 1. The highest BCUT2D eigenvalue weighted by Gasteiger charge is 2.43. The van der Waals surface area contributed by atoms with Crippen LogP contribution in [-0.4, -0.2) is 83.8 Å². The van der Waals surface area contributed by atoms with Crippen molar-refractivity contribution in [3.05, 3.63) is 23.9 Å². The quantitative estimate of drug-likeness (QED) is 0.755. The van der Waals surface area contributed by atoms with E-state index in [1.165, 1.54) is 4.90 Å². The normalized spacial score (nSPS) is 21.8. The number of piperidine rings is 1. The second-order valence-corrected chi connectivity index (χ2v) is 7.18. The molecule has 4 heterocycles. The van der Waals surface area contributed by atoms with Crippen LogP contribution in [0.5, 0.6) is 5.88 Å². The first-order valence-corrected chi connectivity index (χ1v) is 9.30. The first-order chi connectivity index (χ1) is 12.9. The van der Waals surface area contributed by atoms with Gasteiger partial charge in [-0.05, 0) is 31.9 Å². The molecule has 1 aromatic heterocycles. The lowest BCUT2D eigenvalue weighted by Gasteiger charge is -2.35. The Balaban J connectivity index is 1.81. The molecule has 3 amide bonds. The summed E-state index contributed by atoms with van der Waals surface area (Å²) in [6.45, 7) is 3.10. The van der Waals surface area contributed by atoms with Crippen molar-refractivity contribution in [2.45, 2.75) is 25.8 Å². The van der Waals surface area contributed by atoms with E-state index in [0.717, 1.165) is 12.8 Å². The van der Waals surface area contributed by atoms with Gasteiger partial charge in [0.05, 0.1) is 12.5 Å². The van der Waals surface area contributed by atoms with E-state index in [1.54, 1.807) is 42.2 Å². The van der Waals surface area contributed by atoms with E-state index in [-0.39, 0.29) is 36.2 Å². The van der Waals surface area contributed by atoms with Crippen molar-refractivity contribution >= 4 is 17.7 Å². The molecule has 8 nitrogen and oxygen atoms in total. The molecule has 2 bridgehead atoms. The molecule has 0 aromatic carbocycles. The van der Waals surface area contributed by atoms with Gasteiger partial charge in [-0.2, -0.15) is 0 Å². The summed E-state index contributed by atoms with van der Waals surface area (Å²) in [5.74, 6) is -0.285. The van der Waals surface area contributed by atoms with Gasteiger partial charge in [0.2, 0.25) is 17.7 Å². The number of rotatable bonds is 5. The number of nitrogens with zero attached hydrogens (tertiary/aromatic N) is 4. The van der Waals surface area contributed by atoms with Crippen molar-refractivity contribution in [1.82, 2.24) is 19.7 Å². The molecule has 3 aliphatic rings. The number of likely N-dealkylation sites (N-methyl/N-ethyl adjacent to an activating group) is 1. The lowest BCUT2D eigenvalue weighted by atomic mass is 9.94. The van der Waals surface area contributed by atoms with Crippen LogP contribution in [0.15, 0.2) is 18.3 Å². The van der Waals surface area contributed by atoms with Gasteiger partial charge in [-0.15, -0.1) is 0 Å². The summed E-state index contributed by atoms with van der Waals surface area (Å²) in [6, 6.07) is 3.26. The molecule has 0 N–H and O–H groups in total. The molecular weight excluding hydrogens is 348 g/mol. The number of pyridine rings is 1. The lowest BCUT2D eigenvalue weighted by Crippen LogP contribution is -2.51. The minimum absolute atomic E-state index is 0.0343. The molecule has 0 aliphatic carbocycles. The van der Waals surface area contributed by atoms with Crippen molar-refractivity contribution in [1.29, 1.82) is 0 Å². The minimum Gasteiger partial charge on any atom is -0.477 e. The first-order valence-electron chi connectivity index (χ1n) is 9.30. The van der Waals surface area contributed by atoms with Crippen LogP contribution >= 0.6 is 0 Å². The van der Waals surface area contributed by atoms with Crippen LogP contribution in [0.2, 0.25) is 0 Å². The third kappa shape index (κ3) is 3.89. The SMILES string of the molecule is CCOc1ncccc1C(=O)N1C[C@H]2CC[C@@H](C1)N(CC(=O)N(C)C)C2=O. The number of fused-ring (bicyclic) bond motifs is 4. The van der Waals surface area contributed by atoms with Gasteiger partial charge in [-0.3, -0.25) is 14.4 Å². The molecule has 1 aromatic rings. The molecule has 8 heteroatoms. The Hall–Kier alpha value is -2.64. The molecule has 27 heavy (non-hydrogen) atoms. The highest BCUT2D eigenvalue weighted by atomic mass is 16.5. The van der Waals surface area contributed by atoms with Crippen molar-refractivity contribution in [3.8, 4) is 5.88 Å². The van der Waals surface area contributed by atoms with Gasteiger partial charge in [0, 0.05) is 39.4 Å². The summed E-state index contributed by atoms with van der Waals surface area (Å²) in [7, 11) is 3.35. The molecule has 0 saturated carbocycles. The van der Waals surface area contributed by atoms with Gasteiger partial charge in [0.25, 0.3) is 5.91 Å². The standard InChI is InChI=1S/C19H26N4O4/c1-4-27-17-15(6-5-9-20-17)19(26)22-10-13-7-8-14(11-22)23(18(13)25)12-16(24)21(2)3/h5-6,9,13-14H,4,7-8,10-12H2,1-3H3/t13-,14+/m1/s1. The minimum atomic E-state index is -0.269. The summed E-state index contributed by atoms with van der Waals surface area (Å²) in [5.41, 5.74) is 0.406. The maximum absolute atomic E-state index is 13.1. The van der Waals surface area contributed by atoms with Crippen LogP contribution in [0.1, 0.15) is 30.1 Å². The van der Waals surface area contributed by atoms with E-state index in [2.05, 4.69) is 4.98 Å². The fourth-order valence-electron chi connectivity index (χ4n) is 3.68. The Labute approximate surface area is 159 Å². The van der Waals surface area contributed by atoms with E-state index in [1.807, 2.05) is 6.92 Å². The van der Waals surface area contributed by atoms with E-state index in [4.69, 9.17) is 4.74 Å². The summed E-state index contributed by atoms with van der Waals surface area (Å²) in [4.78, 5) is 47.1. The van der Waals surface area contributed by atoms with Gasteiger partial charge in [-0.25, -0.2) is 4.98 Å². The molecule has 146 valence electrons. The molecular formula is C19H26N4O4. The Bertz CT molecular complexity index is 736. The maximum Gasteiger partial charge on any atom is 0.259 e. The monoisotopic (exact) mass is 374 g/mol. The summed E-state index contributed by atoms with van der Waals surface area (Å²) in [6.07, 6.45) is 3.13. The van der Waals surface area contributed by atoms with Gasteiger partial charge in [0.15, 0.2) is 0 Å². The van der Waals surface area contributed by atoms with Crippen LogP contribution in [0, 0.1) is 5.92 Å². The van der Waals surface area contributed by atoms with E-state index in [9.17, 15) is 14.4 Å². The van der Waals surface area contributed by atoms with Crippen LogP contribution < -0.4 is 4.74 Å². The molecule has 4 rings (SSSR count). The molecule has 0 spiro atoms. The smallest absolute Gasteiger partial charge is 0.259 e. The number of ether oxygens (including phenoxy) is 1. The molecule has 3 fully saturated rings. The average Bonchev–Trinajstić information content (AvgIpc) is 2.94. The Morgan fingerprint density at radius 2 is 2.07 bits per heavy atom. The largest absolute Gasteiger partial charge is 0.477 e. The second kappa shape index (κ2) is 7.94. The zero-order valence-electron chi connectivity index (χ0n) is 16.1. The molecule has 0 unspecified atom stereocenters. The number of amides is 3. The Morgan fingerprint density at radius 1 is 1.30 bits per heavy atom. The second-order valence-electron chi connectivity index (χ2n) is 7.18. The maximum atomic E-state index is 13.1. The molecule has 2 atom stereocenters. The predicted molar refractivity (Wildman–Crippen MR) is 98.2 cm³/mol. The summed E-state index contributed by atoms with van der Waals surface area (Å²) < 4.78 is 5.48. The number of carbonyl (C=O) groups is 3.